The fourth-order valence-corrected chi connectivity index (χ4v) is 3.89. The van der Waals surface area contributed by atoms with Crippen molar-refractivity contribution in [1.29, 1.82) is 0 Å². The van der Waals surface area contributed by atoms with E-state index in [9.17, 15) is 4.79 Å². The molecule has 0 amide bonds. The van der Waals surface area contributed by atoms with Gasteiger partial charge in [-0.05, 0) is 35.9 Å². The summed E-state index contributed by atoms with van der Waals surface area (Å²) in [6.07, 6.45) is 2.22. The maximum Gasteiger partial charge on any atom is 0.185 e. The SMILES string of the molecule is NC1=Cc2c(NCc3ccccc3)cccc2N2C1=NN(c1ccccc1)C2C=O. The first-order valence-electron chi connectivity index (χ1n) is 9.82. The van der Waals surface area contributed by atoms with Gasteiger partial charge >= 0.3 is 0 Å². The molecule has 3 aromatic rings. The van der Waals surface area contributed by atoms with E-state index >= 15 is 0 Å². The second-order valence-corrected chi connectivity index (χ2v) is 7.20. The Bertz CT molecular complexity index is 1140. The molecule has 148 valence electrons. The van der Waals surface area contributed by atoms with E-state index in [1.165, 1.54) is 5.56 Å². The van der Waals surface area contributed by atoms with Gasteiger partial charge in [-0.1, -0.05) is 54.6 Å². The van der Waals surface area contributed by atoms with E-state index < -0.39 is 6.17 Å². The van der Waals surface area contributed by atoms with Crippen LogP contribution in [0.15, 0.2) is 89.7 Å². The van der Waals surface area contributed by atoms with Gasteiger partial charge in [-0.15, -0.1) is 5.10 Å². The molecule has 0 aromatic heterocycles. The van der Waals surface area contributed by atoms with Crippen LogP contribution >= 0.6 is 0 Å². The predicted molar refractivity (Wildman–Crippen MR) is 121 cm³/mol. The molecular weight excluding hydrogens is 374 g/mol. The Morgan fingerprint density at radius 1 is 0.967 bits per heavy atom. The fraction of sp³-hybridized carbons (Fsp3) is 0.0833. The van der Waals surface area contributed by atoms with Gasteiger partial charge in [-0.2, -0.15) is 0 Å². The first-order chi connectivity index (χ1) is 14.8. The lowest BCUT2D eigenvalue weighted by molar-refractivity contribution is -0.108. The highest BCUT2D eigenvalue weighted by molar-refractivity contribution is 6.20. The van der Waals surface area contributed by atoms with Crippen LogP contribution in [0.4, 0.5) is 17.1 Å². The minimum atomic E-state index is -0.599. The topological polar surface area (TPSA) is 74.0 Å². The van der Waals surface area contributed by atoms with Crippen LogP contribution in [0.3, 0.4) is 0 Å². The van der Waals surface area contributed by atoms with Crippen molar-refractivity contribution in [2.24, 2.45) is 10.8 Å². The van der Waals surface area contributed by atoms with Gasteiger partial charge < -0.3 is 11.1 Å². The highest BCUT2D eigenvalue weighted by atomic mass is 16.1. The van der Waals surface area contributed by atoms with Crippen molar-refractivity contribution in [1.82, 2.24) is 0 Å². The summed E-state index contributed by atoms with van der Waals surface area (Å²) in [5.74, 6) is 0.587. The van der Waals surface area contributed by atoms with E-state index in [1.54, 1.807) is 5.01 Å². The number of nitrogens with zero attached hydrogens (tertiary/aromatic N) is 3. The van der Waals surface area contributed by atoms with Gasteiger partial charge in [-0.25, -0.2) is 5.01 Å². The summed E-state index contributed by atoms with van der Waals surface area (Å²) in [5, 5.41) is 9.87. The molecule has 30 heavy (non-hydrogen) atoms. The van der Waals surface area contributed by atoms with E-state index in [0.29, 0.717) is 18.1 Å². The second kappa shape index (κ2) is 7.40. The highest BCUT2D eigenvalue weighted by Crippen LogP contribution is 2.39. The number of nitrogens with one attached hydrogen (secondary N) is 1. The van der Waals surface area contributed by atoms with Crippen LogP contribution in [0.5, 0.6) is 0 Å². The van der Waals surface area contributed by atoms with Gasteiger partial charge in [0.15, 0.2) is 18.3 Å². The number of para-hydroxylation sites is 1. The molecular formula is C24H21N5O. The fourth-order valence-electron chi connectivity index (χ4n) is 3.89. The molecule has 3 aromatic carbocycles. The molecule has 2 heterocycles. The minimum Gasteiger partial charge on any atom is -0.396 e. The molecule has 0 fully saturated rings. The highest BCUT2D eigenvalue weighted by Gasteiger charge is 2.40. The number of benzene rings is 3. The Hall–Kier alpha value is -4.06. The smallest absolute Gasteiger partial charge is 0.185 e. The van der Waals surface area contributed by atoms with Crippen molar-refractivity contribution < 1.29 is 4.79 Å². The van der Waals surface area contributed by atoms with Crippen molar-refractivity contribution in [2.45, 2.75) is 12.7 Å². The van der Waals surface area contributed by atoms with Crippen LogP contribution in [-0.2, 0) is 11.3 Å². The standard InChI is InChI=1S/C24H21N5O/c25-20-14-19-21(26-15-17-8-3-1-4-9-17)12-7-13-22(19)28-23(16-30)29(27-24(20)28)18-10-5-2-6-11-18/h1-14,16,23,26H,15,25H2. The molecule has 0 aliphatic carbocycles. The van der Waals surface area contributed by atoms with Gasteiger partial charge in [0.25, 0.3) is 0 Å². The Morgan fingerprint density at radius 2 is 1.70 bits per heavy atom. The Morgan fingerprint density at radius 3 is 2.43 bits per heavy atom. The number of nitrogens with two attached hydrogens (primary N) is 1. The molecule has 0 spiro atoms. The lowest BCUT2D eigenvalue weighted by Gasteiger charge is -2.32. The summed E-state index contributed by atoms with van der Waals surface area (Å²) >= 11 is 0. The van der Waals surface area contributed by atoms with E-state index in [-0.39, 0.29) is 0 Å². The number of carbonyl (C=O) groups excluding carboxylic acids is 1. The number of hydrogen-bond acceptors (Lipinski definition) is 6. The van der Waals surface area contributed by atoms with E-state index in [4.69, 9.17) is 5.73 Å². The van der Waals surface area contributed by atoms with Gasteiger partial charge in [0.1, 0.15) is 0 Å². The monoisotopic (exact) mass is 395 g/mol. The Kier molecular flexibility index (Phi) is 4.44. The third-order valence-corrected chi connectivity index (χ3v) is 5.31. The van der Waals surface area contributed by atoms with Gasteiger partial charge in [0.05, 0.1) is 17.1 Å². The van der Waals surface area contributed by atoms with Crippen molar-refractivity contribution >= 4 is 35.3 Å². The zero-order valence-electron chi connectivity index (χ0n) is 16.3. The van der Waals surface area contributed by atoms with Crippen molar-refractivity contribution in [3.63, 3.8) is 0 Å². The molecule has 1 unspecified atom stereocenters. The van der Waals surface area contributed by atoms with Crippen LogP contribution in [0.1, 0.15) is 11.1 Å². The average Bonchev–Trinajstić information content (AvgIpc) is 3.20. The first kappa shape index (κ1) is 18.0. The lowest BCUT2D eigenvalue weighted by Crippen LogP contribution is -2.46. The van der Waals surface area contributed by atoms with Crippen LogP contribution < -0.4 is 21.0 Å². The normalized spacial score (nSPS) is 17.0. The Balaban J connectivity index is 1.52. The van der Waals surface area contributed by atoms with Gasteiger partial charge in [0.2, 0.25) is 0 Å². The summed E-state index contributed by atoms with van der Waals surface area (Å²) in [6.45, 7) is 0.694. The second-order valence-electron chi connectivity index (χ2n) is 7.20. The molecule has 2 aliphatic rings. The minimum absolute atomic E-state index is 0.529. The average molecular weight is 395 g/mol. The summed E-state index contributed by atoms with van der Waals surface area (Å²) in [4.78, 5) is 14.0. The Labute approximate surface area is 174 Å². The van der Waals surface area contributed by atoms with Crippen molar-refractivity contribution in [2.75, 3.05) is 15.2 Å². The number of carbonyl (C=O) groups is 1. The molecule has 5 rings (SSSR count). The molecule has 6 heteroatoms. The van der Waals surface area contributed by atoms with E-state index in [1.807, 2.05) is 77.7 Å². The number of rotatable bonds is 5. The van der Waals surface area contributed by atoms with Crippen molar-refractivity contribution in [3.05, 3.63) is 95.7 Å². The number of hydrogen-bond donors (Lipinski definition) is 2. The first-order valence-corrected chi connectivity index (χ1v) is 9.82. The van der Waals surface area contributed by atoms with Crippen LogP contribution in [0.2, 0.25) is 0 Å². The third kappa shape index (κ3) is 2.99. The number of amidine groups is 1. The quantitative estimate of drug-likeness (QED) is 0.643. The molecule has 0 radical (unpaired) electrons. The third-order valence-electron chi connectivity index (χ3n) is 5.31. The summed E-state index contributed by atoms with van der Waals surface area (Å²) in [6, 6.07) is 25.8. The van der Waals surface area contributed by atoms with Crippen LogP contribution in [-0.4, -0.2) is 18.3 Å². The number of hydrazone groups is 1. The molecule has 3 N–H and O–H groups in total. The van der Waals surface area contributed by atoms with Gasteiger partial charge in [0, 0.05) is 17.8 Å². The molecule has 2 aliphatic heterocycles. The zero-order chi connectivity index (χ0) is 20.5. The number of aldehydes is 1. The van der Waals surface area contributed by atoms with Crippen LogP contribution in [0.25, 0.3) is 6.08 Å². The van der Waals surface area contributed by atoms with Crippen molar-refractivity contribution in [3.8, 4) is 0 Å². The maximum atomic E-state index is 12.1. The maximum absolute atomic E-state index is 12.1. The largest absolute Gasteiger partial charge is 0.396 e. The summed E-state index contributed by atoms with van der Waals surface area (Å²) < 4.78 is 0. The lowest BCUT2D eigenvalue weighted by atomic mass is 10.0. The molecule has 0 saturated carbocycles. The predicted octanol–water partition coefficient (Wildman–Crippen LogP) is 3.78. The molecule has 1 atom stereocenters. The van der Waals surface area contributed by atoms with E-state index in [2.05, 4.69) is 22.6 Å². The van der Waals surface area contributed by atoms with Crippen LogP contribution in [0, 0.1) is 0 Å². The zero-order valence-corrected chi connectivity index (χ0v) is 16.3. The van der Waals surface area contributed by atoms with Gasteiger partial charge in [-0.3, -0.25) is 9.69 Å². The summed E-state index contributed by atoms with van der Waals surface area (Å²) in [5.41, 5.74) is 11.7. The number of anilines is 3. The summed E-state index contributed by atoms with van der Waals surface area (Å²) in [7, 11) is 0. The molecule has 0 bridgehead atoms. The molecule has 0 saturated heterocycles. The molecule has 6 nitrogen and oxygen atoms in total. The number of fused-ring (bicyclic) bond motifs is 3. The van der Waals surface area contributed by atoms with E-state index in [0.717, 1.165) is 28.9 Å².